The van der Waals surface area contributed by atoms with E-state index in [0.717, 1.165) is 24.0 Å². The van der Waals surface area contributed by atoms with E-state index >= 15 is 0 Å². The largest absolute Gasteiger partial charge is 0.488 e. The molecule has 1 heterocycles. The third-order valence-corrected chi connectivity index (χ3v) is 3.91. The van der Waals surface area contributed by atoms with Crippen LogP contribution >= 0.6 is 11.6 Å². The second-order valence-corrected chi connectivity index (χ2v) is 5.34. The summed E-state index contributed by atoms with van der Waals surface area (Å²) in [6.45, 7) is 0.457. The van der Waals surface area contributed by atoms with Crippen LogP contribution in [0.25, 0.3) is 11.1 Å². The summed E-state index contributed by atoms with van der Waals surface area (Å²) in [7, 11) is 0. The van der Waals surface area contributed by atoms with Gasteiger partial charge >= 0.3 is 0 Å². The summed E-state index contributed by atoms with van der Waals surface area (Å²) in [4.78, 5) is 0. The molecule has 0 bridgehead atoms. The zero-order valence-electron chi connectivity index (χ0n) is 10.9. The molecule has 2 aromatic rings. The van der Waals surface area contributed by atoms with Gasteiger partial charge in [-0.2, -0.15) is 0 Å². The minimum absolute atomic E-state index is 0.0193. The van der Waals surface area contributed by atoms with Crippen LogP contribution in [0.15, 0.2) is 36.4 Å². The van der Waals surface area contributed by atoms with Crippen LogP contribution in [-0.4, -0.2) is 12.6 Å². The van der Waals surface area contributed by atoms with E-state index in [1.807, 2.05) is 18.2 Å². The van der Waals surface area contributed by atoms with Crippen LogP contribution in [0.5, 0.6) is 5.75 Å². The number of aryl methyl sites for hydroxylation is 1. The average molecular weight is 292 g/mol. The number of hydrogen-bond acceptors (Lipinski definition) is 2. The van der Waals surface area contributed by atoms with Gasteiger partial charge in [0, 0.05) is 22.7 Å². The normalized spacial score (nSPS) is 17.4. The minimum atomic E-state index is -0.270. The number of halogens is 2. The van der Waals surface area contributed by atoms with Crippen molar-refractivity contribution in [3.8, 4) is 16.9 Å². The zero-order valence-corrected chi connectivity index (χ0v) is 11.7. The highest BCUT2D eigenvalue weighted by Crippen LogP contribution is 2.40. The molecule has 0 aliphatic carbocycles. The minimum Gasteiger partial charge on any atom is -0.488 e. The number of fused-ring (bicyclic) bond motifs is 1. The van der Waals surface area contributed by atoms with Gasteiger partial charge in [0.15, 0.2) is 0 Å². The van der Waals surface area contributed by atoms with Gasteiger partial charge in [0.1, 0.15) is 17.7 Å². The van der Waals surface area contributed by atoms with E-state index in [4.69, 9.17) is 22.1 Å². The Balaban J connectivity index is 2.16. The highest BCUT2D eigenvalue weighted by Gasteiger charge is 2.23. The van der Waals surface area contributed by atoms with E-state index < -0.39 is 0 Å². The molecule has 2 aromatic carbocycles. The molecule has 0 spiro atoms. The van der Waals surface area contributed by atoms with Crippen molar-refractivity contribution in [2.24, 2.45) is 5.73 Å². The van der Waals surface area contributed by atoms with Crippen molar-refractivity contribution in [2.75, 3.05) is 6.54 Å². The molecule has 2 N–H and O–H groups in total. The molecule has 1 atom stereocenters. The van der Waals surface area contributed by atoms with Crippen molar-refractivity contribution in [1.29, 1.82) is 0 Å². The topological polar surface area (TPSA) is 35.2 Å². The number of ether oxygens (including phenoxy) is 1. The maximum atomic E-state index is 13.8. The first kappa shape index (κ1) is 13.4. The Hall–Kier alpha value is -1.58. The molecule has 0 fully saturated rings. The lowest BCUT2D eigenvalue weighted by Crippen LogP contribution is -2.30. The molecule has 0 aromatic heterocycles. The summed E-state index contributed by atoms with van der Waals surface area (Å²) >= 11 is 6.22. The first-order valence-corrected chi connectivity index (χ1v) is 7.01. The van der Waals surface area contributed by atoms with Crippen LogP contribution in [0, 0.1) is 5.82 Å². The summed E-state index contributed by atoms with van der Waals surface area (Å²) in [6, 6.07) is 10.4. The molecule has 0 saturated heterocycles. The Morgan fingerprint density at radius 2 is 2.05 bits per heavy atom. The molecule has 1 aliphatic heterocycles. The van der Waals surface area contributed by atoms with Gasteiger partial charge in [-0.3, -0.25) is 0 Å². The number of rotatable bonds is 2. The van der Waals surface area contributed by atoms with Gasteiger partial charge in [-0.1, -0.05) is 29.8 Å². The van der Waals surface area contributed by atoms with Gasteiger partial charge in [0.2, 0.25) is 0 Å². The Kier molecular flexibility index (Phi) is 3.64. The first-order chi connectivity index (χ1) is 9.69. The van der Waals surface area contributed by atoms with Crippen LogP contribution in [0.2, 0.25) is 5.02 Å². The molecule has 3 rings (SSSR count). The summed E-state index contributed by atoms with van der Waals surface area (Å²) in [5.74, 6) is 0.440. The summed E-state index contributed by atoms with van der Waals surface area (Å²) in [6.07, 6.45) is 1.57. The highest BCUT2D eigenvalue weighted by atomic mass is 35.5. The van der Waals surface area contributed by atoms with Gasteiger partial charge < -0.3 is 10.5 Å². The standard InChI is InChI=1S/C16H15ClFNO/c17-15-4-2-1-3-13(15)14-8-11(18)7-10-5-6-12(9-19)20-16(10)14/h1-4,7-8,12H,5-6,9,19H2/t12-/m1/s1. The Morgan fingerprint density at radius 1 is 1.25 bits per heavy atom. The van der Waals surface area contributed by atoms with Gasteiger partial charge in [0.25, 0.3) is 0 Å². The molecule has 20 heavy (non-hydrogen) atoms. The predicted molar refractivity (Wildman–Crippen MR) is 78.6 cm³/mol. The fourth-order valence-corrected chi connectivity index (χ4v) is 2.80. The average Bonchev–Trinajstić information content (AvgIpc) is 2.46. The second-order valence-electron chi connectivity index (χ2n) is 4.94. The van der Waals surface area contributed by atoms with Gasteiger partial charge in [0.05, 0.1) is 0 Å². The van der Waals surface area contributed by atoms with Crippen molar-refractivity contribution in [3.63, 3.8) is 0 Å². The highest BCUT2D eigenvalue weighted by molar-refractivity contribution is 6.33. The Labute approximate surface area is 122 Å². The fourth-order valence-electron chi connectivity index (χ4n) is 2.56. The zero-order chi connectivity index (χ0) is 14.1. The predicted octanol–water partition coefficient (Wildman–Crippen LogP) is 3.80. The molecule has 1 aliphatic rings. The van der Waals surface area contributed by atoms with E-state index in [9.17, 15) is 4.39 Å². The van der Waals surface area contributed by atoms with E-state index in [-0.39, 0.29) is 11.9 Å². The SMILES string of the molecule is NC[C@H]1CCc2cc(F)cc(-c3ccccc3Cl)c2O1. The lowest BCUT2D eigenvalue weighted by Gasteiger charge is -2.27. The van der Waals surface area contributed by atoms with Crippen LogP contribution in [0.3, 0.4) is 0 Å². The maximum Gasteiger partial charge on any atom is 0.131 e. The number of hydrogen-bond donors (Lipinski definition) is 1. The van der Waals surface area contributed by atoms with Crippen molar-refractivity contribution in [1.82, 2.24) is 0 Å². The smallest absolute Gasteiger partial charge is 0.131 e. The van der Waals surface area contributed by atoms with E-state index in [2.05, 4.69) is 0 Å². The van der Waals surface area contributed by atoms with Crippen LogP contribution in [0.1, 0.15) is 12.0 Å². The van der Waals surface area contributed by atoms with Gasteiger partial charge in [-0.25, -0.2) is 4.39 Å². The van der Waals surface area contributed by atoms with Gasteiger partial charge in [-0.15, -0.1) is 0 Å². The molecular weight excluding hydrogens is 277 g/mol. The third kappa shape index (κ3) is 2.39. The first-order valence-electron chi connectivity index (χ1n) is 6.63. The van der Waals surface area contributed by atoms with Crippen LogP contribution in [-0.2, 0) is 6.42 Å². The van der Waals surface area contributed by atoms with Crippen molar-refractivity contribution in [2.45, 2.75) is 18.9 Å². The molecule has 104 valence electrons. The third-order valence-electron chi connectivity index (χ3n) is 3.58. The second kappa shape index (κ2) is 5.43. The molecular formula is C16H15ClFNO. The molecule has 0 unspecified atom stereocenters. The molecule has 2 nitrogen and oxygen atoms in total. The lowest BCUT2D eigenvalue weighted by atomic mass is 9.95. The number of nitrogens with two attached hydrogens (primary N) is 1. The van der Waals surface area contributed by atoms with Crippen molar-refractivity contribution >= 4 is 11.6 Å². The van der Waals surface area contributed by atoms with E-state index in [1.54, 1.807) is 6.07 Å². The quantitative estimate of drug-likeness (QED) is 0.913. The summed E-state index contributed by atoms with van der Waals surface area (Å²) in [5.41, 5.74) is 8.04. The fraction of sp³-hybridized carbons (Fsp3) is 0.250. The van der Waals surface area contributed by atoms with Crippen molar-refractivity contribution in [3.05, 3.63) is 52.8 Å². The van der Waals surface area contributed by atoms with E-state index in [0.29, 0.717) is 22.9 Å². The monoisotopic (exact) mass is 291 g/mol. The van der Waals surface area contributed by atoms with Crippen molar-refractivity contribution < 1.29 is 9.13 Å². The summed E-state index contributed by atoms with van der Waals surface area (Å²) in [5, 5.41) is 0.582. The van der Waals surface area contributed by atoms with Crippen LogP contribution in [0.4, 0.5) is 4.39 Å². The lowest BCUT2D eigenvalue weighted by molar-refractivity contribution is 0.182. The Morgan fingerprint density at radius 3 is 2.80 bits per heavy atom. The summed E-state index contributed by atoms with van der Waals surface area (Å²) < 4.78 is 19.8. The van der Waals surface area contributed by atoms with Gasteiger partial charge in [-0.05, 0) is 36.6 Å². The molecule has 4 heteroatoms. The molecule has 0 saturated carbocycles. The van der Waals surface area contributed by atoms with Crippen LogP contribution < -0.4 is 10.5 Å². The van der Waals surface area contributed by atoms with E-state index in [1.165, 1.54) is 12.1 Å². The number of benzene rings is 2. The Bertz CT molecular complexity index is 644. The molecule has 0 radical (unpaired) electrons. The molecule has 0 amide bonds. The maximum absolute atomic E-state index is 13.8.